The Balaban J connectivity index is 1.68. The average molecular weight is 330 g/mol. The van der Waals surface area contributed by atoms with Crippen LogP contribution in [0.25, 0.3) is 0 Å². The molecule has 3 rings (SSSR count). The van der Waals surface area contributed by atoms with Crippen molar-refractivity contribution in [1.29, 1.82) is 0 Å². The second kappa shape index (κ2) is 6.63. The first-order valence-electron chi connectivity index (χ1n) is 8.30. The summed E-state index contributed by atoms with van der Waals surface area (Å²) in [4.78, 5) is 12.4. The van der Waals surface area contributed by atoms with Gasteiger partial charge in [0.25, 0.3) is 0 Å². The second-order valence-corrected chi connectivity index (χ2v) is 6.48. The molecule has 0 bridgehead atoms. The fourth-order valence-electron chi connectivity index (χ4n) is 3.39. The molecule has 5 nitrogen and oxygen atoms in total. The highest BCUT2D eigenvalue weighted by Crippen LogP contribution is 2.38. The van der Waals surface area contributed by atoms with Gasteiger partial charge < -0.3 is 10.6 Å². The summed E-state index contributed by atoms with van der Waals surface area (Å²) in [6.45, 7) is 2.41. The van der Waals surface area contributed by atoms with Crippen molar-refractivity contribution in [3.63, 3.8) is 0 Å². The predicted molar refractivity (Wildman–Crippen MR) is 89.9 cm³/mol. The van der Waals surface area contributed by atoms with Crippen molar-refractivity contribution in [2.75, 3.05) is 0 Å². The van der Waals surface area contributed by atoms with Gasteiger partial charge in [-0.3, -0.25) is 4.68 Å². The molecule has 128 valence electrons. The minimum absolute atomic E-state index is 0.204. The number of halogens is 1. The fourth-order valence-corrected chi connectivity index (χ4v) is 3.39. The SMILES string of the molecule is Cc1c(CNC(=O)NC2(c3ccc(F)cc3)CCCC2)cnn1C. The largest absolute Gasteiger partial charge is 0.334 e. The van der Waals surface area contributed by atoms with E-state index < -0.39 is 5.54 Å². The van der Waals surface area contributed by atoms with E-state index in [0.717, 1.165) is 42.5 Å². The molecule has 1 heterocycles. The molecule has 1 aromatic carbocycles. The second-order valence-electron chi connectivity index (χ2n) is 6.48. The third-order valence-electron chi connectivity index (χ3n) is 4.98. The monoisotopic (exact) mass is 330 g/mol. The zero-order valence-corrected chi connectivity index (χ0v) is 14.1. The van der Waals surface area contributed by atoms with E-state index in [0.29, 0.717) is 6.54 Å². The van der Waals surface area contributed by atoms with E-state index in [1.165, 1.54) is 12.1 Å². The molecule has 0 aliphatic heterocycles. The summed E-state index contributed by atoms with van der Waals surface area (Å²) < 4.78 is 15.0. The van der Waals surface area contributed by atoms with Crippen LogP contribution in [0.15, 0.2) is 30.5 Å². The number of amides is 2. The van der Waals surface area contributed by atoms with Gasteiger partial charge in [0.1, 0.15) is 5.82 Å². The molecule has 1 aliphatic carbocycles. The molecule has 0 saturated heterocycles. The number of hydrogen-bond donors (Lipinski definition) is 2. The van der Waals surface area contributed by atoms with Gasteiger partial charge in [-0.05, 0) is 37.5 Å². The van der Waals surface area contributed by atoms with Crippen molar-refractivity contribution >= 4 is 6.03 Å². The summed E-state index contributed by atoms with van der Waals surface area (Å²) in [6.07, 6.45) is 5.62. The highest BCUT2D eigenvalue weighted by atomic mass is 19.1. The molecule has 1 fully saturated rings. The molecular weight excluding hydrogens is 307 g/mol. The number of carbonyl (C=O) groups excluding carboxylic acids is 1. The van der Waals surface area contributed by atoms with Crippen molar-refractivity contribution in [3.8, 4) is 0 Å². The van der Waals surface area contributed by atoms with E-state index in [1.54, 1.807) is 23.0 Å². The topological polar surface area (TPSA) is 59.0 Å². The molecule has 2 aromatic rings. The Morgan fingerprint density at radius 2 is 1.96 bits per heavy atom. The first-order valence-corrected chi connectivity index (χ1v) is 8.30. The Bertz CT molecular complexity index is 717. The standard InChI is InChI=1S/C18H23FN4O/c1-13-14(12-21-23(13)2)11-20-17(24)22-18(9-3-4-10-18)15-5-7-16(19)8-6-15/h5-8,12H,3-4,9-11H2,1-2H3,(H2,20,22,24). The van der Waals surface area contributed by atoms with E-state index in [9.17, 15) is 9.18 Å². The molecule has 1 aromatic heterocycles. The molecular formula is C18H23FN4O. The Kier molecular flexibility index (Phi) is 4.55. The van der Waals surface area contributed by atoms with Crippen LogP contribution in [0.1, 0.15) is 42.5 Å². The van der Waals surface area contributed by atoms with Gasteiger partial charge in [-0.25, -0.2) is 9.18 Å². The van der Waals surface area contributed by atoms with Crippen LogP contribution >= 0.6 is 0 Å². The number of urea groups is 1. The normalized spacial score (nSPS) is 16.1. The van der Waals surface area contributed by atoms with E-state index >= 15 is 0 Å². The van der Waals surface area contributed by atoms with Gasteiger partial charge in [-0.15, -0.1) is 0 Å². The smallest absolute Gasteiger partial charge is 0.315 e. The fraction of sp³-hybridized carbons (Fsp3) is 0.444. The van der Waals surface area contributed by atoms with E-state index in [-0.39, 0.29) is 11.8 Å². The highest BCUT2D eigenvalue weighted by molar-refractivity contribution is 5.75. The van der Waals surface area contributed by atoms with Crippen LogP contribution in [0.3, 0.4) is 0 Å². The first-order chi connectivity index (χ1) is 11.5. The van der Waals surface area contributed by atoms with Crippen molar-refractivity contribution in [2.45, 2.75) is 44.7 Å². The summed E-state index contributed by atoms with van der Waals surface area (Å²) in [5.41, 5.74) is 2.59. The molecule has 0 atom stereocenters. The minimum Gasteiger partial charge on any atom is -0.334 e. The van der Waals surface area contributed by atoms with Crippen LogP contribution in [0.5, 0.6) is 0 Å². The first kappa shape index (κ1) is 16.5. The number of carbonyl (C=O) groups is 1. The maximum absolute atomic E-state index is 13.2. The van der Waals surface area contributed by atoms with E-state index in [2.05, 4.69) is 15.7 Å². The summed E-state index contributed by atoms with van der Waals surface area (Å²) in [6, 6.07) is 6.24. The van der Waals surface area contributed by atoms with Gasteiger partial charge in [0.15, 0.2) is 0 Å². The highest BCUT2D eigenvalue weighted by Gasteiger charge is 2.37. The third kappa shape index (κ3) is 3.27. The number of benzene rings is 1. The van der Waals surface area contributed by atoms with Crippen LogP contribution in [0, 0.1) is 12.7 Å². The van der Waals surface area contributed by atoms with Crippen molar-refractivity contribution < 1.29 is 9.18 Å². The molecule has 2 N–H and O–H groups in total. The van der Waals surface area contributed by atoms with Gasteiger partial charge in [0.05, 0.1) is 11.7 Å². The Labute approximate surface area is 141 Å². The maximum Gasteiger partial charge on any atom is 0.315 e. The predicted octanol–water partition coefficient (Wildman–Crippen LogP) is 3.14. The molecule has 0 unspecified atom stereocenters. The zero-order valence-electron chi connectivity index (χ0n) is 14.1. The number of aromatic nitrogens is 2. The van der Waals surface area contributed by atoms with Crippen LogP contribution in [-0.4, -0.2) is 15.8 Å². The number of hydrogen-bond acceptors (Lipinski definition) is 2. The number of nitrogens with zero attached hydrogens (tertiary/aromatic N) is 2. The van der Waals surface area contributed by atoms with Crippen molar-refractivity contribution in [1.82, 2.24) is 20.4 Å². The van der Waals surface area contributed by atoms with Crippen LogP contribution in [0.4, 0.5) is 9.18 Å². The number of nitrogens with one attached hydrogen (secondary N) is 2. The van der Waals surface area contributed by atoms with Gasteiger partial charge in [-0.1, -0.05) is 25.0 Å². The Morgan fingerprint density at radius 3 is 2.54 bits per heavy atom. The van der Waals surface area contributed by atoms with Crippen molar-refractivity contribution in [3.05, 3.63) is 53.1 Å². The van der Waals surface area contributed by atoms with Gasteiger partial charge in [-0.2, -0.15) is 5.10 Å². The lowest BCUT2D eigenvalue weighted by Crippen LogP contribution is -2.48. The summed E-state index contributed by atoms with van der Waals surface area (Å²) >= 11 is 0. The van der Waals surface area contributed by atoms with Gasteiger partial charge >= 0.3 is 6.03 Å². The van der Waals surface area contributed by atoms with Gasteiger partial charge in [0.2, 0.25) is 0 Å². The molecule has 0 spiro atoms. The lowest BCUT2D eigenvalue weighted by atomic mass is 9.88. The van der Waals surface area contributed by atoms with Gasteiger partial charge in [0, 0.05) is 24.8 Å². The van der Waals surface area contributed by atoms with Crippen LogP contribution in [0.2, 0.25) is 0 Å². The zero-order chi connectivity index (χ0) is 17.2. The Hall–Kier alpha value is -2.37. The molecule has 1 aliphatic rings. The molecule has 2 amide bonds. The third-order valence-corrected chi connectivity index (χ3v) is 4.98. The van der Waals surface area contributed by atoms with Crippen molar-refractivity contribution in [2.24, 2.45) is 7.05 Å². The summed E-state index contributed by atoms with van der Waals surface area (Å²) in [7, 11) is 1.88. The molecule has 24 heavy (non-hydrogen) atoms. The lowest BCUT2D eigenvalue weighted by Gasteiger charge is -2.31. The lowest BCUT2D eigenvalue weighted by molar-refractivity contribution is 0.224. The van der Waals surface area contributed by atoms with E-state index in [4.69, 9.17) is 0 Å². The minimum atomic E-state index is -0.401. The summed E-state index contributed by atoms with van der Waals surface area (Å²) in [5, 5.41) is 10.2. The van der Waals surface area contributed by atoms with E-state index in [1.807, 2.05) is 14.0 Å². The molecule has 0 radical (unpaired) electrons. The average Bonchev–Trinajstić information content (AvgIpc) is 3.15. The number of rotatable bonds is 4. The maximum atomic E-state index is 13.2. The quantitative estimate of drug-likeness (QED) is 0.905. The molecule has 1 saturated carbocycles. The number of aryl methyl sites for hydroxylation is 1. The molecule has 6 heteroatoms. The summed E-state index contributed by atoms with van der Waals surface area (Å²) in [5.74, 6) is -0.261. The Morgan fingerprint density at radius 1 is 1.29 bits per heavy atom. The van der Waals surface area contributed by atoms with Crippen LogP contribution in [-0.2, 0) is 19.1 Å². The van der Waals surface area contributed by atoms with Crippen LogP contribution < -0.4 is 10.6 Å².